The number of hydrogen-bond donors (Lipinski definition) is 2. The maximum atomic E-state index is 11.2. The number of rotatable bonds is 4. The zero-order valence-electron chi connectivity index (χ0n) is 11.8. The standard InChI is InChI=1S/C15H26N2O2/c1-17-12-5-6-13(17)8-11(7-12)16-9-10-3-2-4-14(10)15(18)19/h10-14,16H,2-9H2,1H3,(H,18,19). The Balaban J connectivity index is 1.49. The molecule has 2 saturated heterocycles. The molecule has 3 aliphatic rings. The van der Waals surface area contributed by atoms with E-state index in [-0.39, 0.29) is 5.92 Å². The Morgan fingerprint density at radius 1 is 1.21 bits per heavy atom. The lowest BCUT2D eigenvalue weighted by Crippen LogP contribution is -2.48. The smallest absolute Gasteiger partial charge is 0.306 e. The summed E-state index contributed by atoms with van der Waals surface area (Å²) in [4.78, 5) is 13.7. The Hall–Kier alpha value is -0.610. The monoisotopic (exact) mass is 266 g/mol. The molecule has 4 atom stereocenters. The fraction of sp³-hybridized carbons (Fsp3) is 0.933. The van der Waals surface area contributed by atoms with Crippen molar-refractivity contribution in [3.8, 4) is 0 Å². The number of carbonyl (C=O) groups is 1. The topological polar surface area (TPSA) is 52.6 Å². The van der Waals surface area contributed by atoms with Crippen molar-refractivity contribution in [2.75, 3.05) is 13.6 Å². The molecule has 2 aliphatic heterocycles. The van der Waals surface area contributed by atoms with Gasteiger partial charge in [-0.15, -0.1) is 0 Å². The molecule has 2 bridgehead atoms. The third-order valence-electron chi connectivity index (χ3n) is 5.74. The summed E-state index contributed by atoms with van der Waals surface area (Å²) in [6.45, 7) is 0.908. The zero-order chi connectivity index (χ0) is 13.4. The number of fused-ring (bicyclic) bond motifs is 2. The molecule has 1 aliphatic carbocycles. The van der Waals surface area contributed by atoms with Crippen LogP contribution in [0.2, 0.25) is 0 Å². The number of carboxylic acid groups (broad SMARTS) is 1. The fourth-order valence-corrected chi connectivity index (χ4v) is 4.50. The minimum atomic E-state index is -0.590. The quantitative estimate of drug-likeness (QED) is 0.813. The minimum Gasteiger partial charge on any atom is -0.481 e. The fourth-order valence-electron chi connectivity index (χ4n) is 4.50. The van der Waals surface area contributed by atoms with Gasteiger partial charge in [-0.25, -0.2) is 0 Å². The molecule has 108 valence electrons. The molecule has 0 aromatic heterocycles. The van der Waals surface area contributed by atoms with Crippen molar-refractivity contribution < 1.29 is 9.90 Å². The van der Waals surface area contributed by atoms with Gasteiger partial charge < -0.3 is 15.3 Å². The predicted octanol–water partition coefficient (Wildman–Crippen LogP) is 1.70. The van der Waals surface area contributed by atoms with E-state index in [0.717, 1.165) is 37.9 Å². The van der Waals surface area contributed by atoms with E-state index < -0.39 is 5.97 Å². The van der Waals surface area contributed by atoms with Crippen molar-refractivity contribution in [3.05, 3.63) is 0 Å². The van der Waals surface area contributed by atoms with Crippen LogP contribution in [0.15, 0.2) is 0 Å². The lowest BCUT2D eigenvalue weighted by molar-refractivity contribution is -0.142. The molecular formula is C15H26N2O2. The second kappa shape index (κ2) is 5.41. The number of piperidine rings is 1. The van der Waals surface area contributed by atoms with Crippen LogP contribution in [0.5, 0.6) is 0 Å². The van der Waals surface area contributed by atoms with Crippen LogP contribution in [0.25, 0.3) is 0 Å². The van der Waals surface area contributed by atoms with Crippen LogP contribution >= 0.6 is 0 Å². The molecule has 0 spiro atoms. The Bertz CT molecular complexity index is 333. The second-order valence-corrected chi connectivity index (χ2v) is 6.76. The van der Waals surface area contributed by atoms with Crippen LogP contribution in [-0.2, 0) is 4.79 Å². The summed E-state index contributed by atoms with van der Waals surface area (Å²) in [7, 11) is 2.26. The van der Waals surface area contributed by atoms with Crippen molar-refractivity contribution in [1.82, 2.24) is 10.2 Å². The van der Waals surface area contributed by atoms with Crippen LogP contribution < -0.4 is 5.32 Å². The van der Waals surface area contributed by atoms with Gasteiger partial charge in [-0.3, -0.25) is 4.79 Å². The molecule has 0 amide bonds. The van der Waals surface area contributed by atoms with Crippen molar-refractivity contribution in [3.63, 3.8) is 0 Å². The molecule has 3 fully saturated rings. The van der Waals surface area contributed by atoms with Crippen LogP contribution in [0.1, 0.15) is 44.9 Å². The summed E-state index contributed by atoms with van der Waals surface area (Å²) in [5.41, 5.74) is 0. The molecule has 2 N–H and O–H groups in total. The molecule has 2 heterocycles. The number of nitrogens with zero attached hydrogens (tertiary/aromatic N) is 1. The normalized spacial score (nSPS) is 42.7. The number of hydrogen-bond acceptors (Lipinski definition) is 3. The third kappa shape index (κ3) is 2.65. The highest BCUT2D eigenvalue weighted by Gasteiger charge is 2.39. The summed E-state index contributed by atoms with van der Waals surface area (Å²) >= 11 is 0. The highest BCUT2D eigenvalue weighted by Crippen LogP contribution is 2.35. The van der Waals surface area contributed by atoms with E-state index in [1.807, 2.05) is 0 Å². The van der Waals surface area contributed by atoms with Crippen LogP contribution in [0.4, 0.5) is 0 Å². The van der Waals surface area contributed by atoms with Gasteiger partial charge in [0.1, 0.15) is 0 Å². The van der Waals surface area contributed by atoms with Crippen molar-refractivity contribution in [2.24, 2.45) is 11.8 Å². The van der Waals surface area contributed by atoms with Gasteiger partial charge in [0, 0.05) is 18.1 Å². The summed E-state index contributed by atoms with van der Waals surface area (Å²) < 4.78 is 0. The molecule has 1 saturated carbocycles. The molecule has 19 heavy (non-hydrogen) atoms. The van der Waals surface area contributed by atoms with E-state index in [1.165, 1.54) is 25.7 Å². The first kappa shape index (κ1) is 13.4. The molecular weight excluding hydrogens is 240 g/mol. The predicted molar refractivity (Wildman–Crippen MR) is 74.1 cm³/mol. The number of nitrogens with one attached hydrogen (secondary N) is 1. The first-order valence-electron chi connectivity index (χ1n) is 7.83. The van der Waals surface area contributed by atoms with E-state index in [4.69, 9.17) is 0 Å². The Kier molecular flexibility index (Phi) is 3.81. The van der Waals surface area contributed by atoms with Crippen LogP contribution in [0.3, 0.4) is 0 Å². The first-order chi connectivity index (χ1) is 9.15. The van der Waals surface area contributed by atoms with Crippen LogP contribution in [-0.4, -0.2) is 47.7 Å². The molecule has 4 unspecified atom stereocenters. The van der Waals surface area contributed by atoms with Crippen molar-refractivity contribution in [1.29, 1.82) is 0 Å². The second-order valence-electron chi connectivity index (χ2n) is 6.76. The van der Waals surface area contributed by atoms with Gasteiger partial charge in [0.05, 0.1) is 5.92 Å². The van der Waals surface area contributed by atoms with Gasteiger partial charge in [0.25, 0.3) is 0 Å². The number of aliphatic carboxylic acids is 1. The minimum absolute atomic E-state index is 0.101. The molecule has 3 rings (SSSR count). The van der Waals surface area contributed by atoms with E-state index in [1.54, 1.807) is 0 Å². The zero-order valence-corrected chi connectivity index (χ0v) is 11.8. The highest BCUT2D eigenvalue weighted by atomic mass is 16.4. The van der Waals surface area contributed by atoms with Gasteiger partial charge in [-0.05, 0) is 58.0 Å². The highest BCUT2D eigenvalue weighted by molar-refractivity contribution is 5.70. The maximum Gasteiger partial charge on any atom is 0.306 e. The van der Waals surface area contributed by atoms with E-state index in [2.05, 4.69) is 17.3 Å². The largest absolute Gasteiger partial charge is 0.481 e. The van der Waals surface area contributed by atoms with Crippen molar-refractivity contribution in [2.45, 2.75) is 63.1 Å². The lowest BCUT2D eigenvalue weighted by atomic mass is 9.93. The Labute approximate surface area is 115 Å². The van der Waals surface area contributed by atoms with Gasteiger partial charge >= 0.3 is 5.97 Å². The molecule has 0 aromatic rings. The van der Waals surface area contributed by atoms with Crippen molar-refractivity contribution >= 4 is 5.97 Å². The molecule has 0 radical (unpaired) electrons. The average Bonchev–Trinajstić information content (AvgIpc) is 2.90. The summed E-state index contributed by atoms with van der Waals surface area (Å²) in [5, 5.41) is 12.9. The van der Waals surface area contributed by atoms with E-state index >= 15 is 0 Å². The van der Waals surface area contributed by atoms with Gasteiger partial charge in [0.15, 0.2) is 0 Å². The Morgan fingerprint density at radius 3 is 2.53 bits per heavy atom. The SMILES string of the molecule is CN1C2CCC1CC(NCC1CCCC1C(=O)O)C2. The third-order valence-corrected chi connectivity index (χ3v) is 5.74. The molecule has 0 aromatic carbocycles. The summed E-state index contributed by atoms with van der Waals surface area (Å²) in [6, 6.07) is 2.13. The summed E-state index contributed by atoms with van der Waals surface area (Å²) in [6.07, 6.45) is 8.24. The maximum absolute atomic E-state index is 11.2. The molecule has 4 nitrogen and oxygen atoms in total. The van der Waals surface area contributed by atoms with E-state index in [0.29, 0.717) is 12.0 Å². The molecule has 4 heteroatoms. The van der Waals surface area contributed by atoms with E-state index in [9.17, 15) is 9.90 Å². The van der Waals surface area contributed by atoms with Gasteiger partial charge in [0.2, 0.25) is 0 Å². The summed E-state index contributed by atoms with van der Waals surface area (Å²) in [5.74, 6) is -0.335. The lowest BCUT2D eigenvalue weighted by Gasteiger charge is -2.37. The Morgan fingerprint density at radius 2 is 1.89 bits per heavy atom. The van der Waals surface area contributed by atoms with Crippen LogP contribution in [0, 0.1) is 11.8 Å². The number of carboxylic acids is 1. The first-order valence-corrected chi connectivity index (χ1v) is 7.83. The average molecular weight is 266 g/mol. The van der Waals surface area contributed by atoms with Gasteiger partial charge in [-0.2, -0.15) is 0 Å². The van der Waals surface area contributed by atoms with Gasteiger partial charge in [-0.1, -0.05) is 6.42 Å².